The molecule has 1 atom stereocenters. The van der Waals surface area contributed by atoms with Gasteiger partial charge in [0.2, 0.25) is 0 Å². The lowest BCUT2D eigenvalue weighted by Gasteiger charge is -2.16. The second kappa shape index (κ2) is 10.4. The fourth-order valence-electron chi connectivity index (χ4n) is 7.91. The highest BCUT2D eigenvalue weighted by atomic mass is 15.0. The third kappa shape index (κ3) is 3.78. The lowest BCUT2D eigenvalue weighted by Crippen LogP contribution is -2.21. The number of hydrogen-bond donors (Lipinski definition) is 1. The summed E-state index contributed by atoms with van der Waals surface area (Å²) in [4.78, 5) is 5.22. The molecule has 0 saturated carbocycles. The number of nitrogens with zero attached hydrogens (tertiary/aromatic N) is 3. The minimum Gasteiger partial charge on any atom is -0.321 e. The van der Waals surface area contributed by atoms with Gasteiger partial charge in [-0.05, 0) is 35.4 Å². The van der Waals surface area contributed by atoms with Gasteiger partial charge in [0.1, 0.15) is 6.34 Å². The Morgan fingerprint density at radius 3 is 2.21 bits per heavy atom. The Morgan fingerprint density at radius 1 is 0.604 bits per heavy atom. The third-order valence-electron chi connectivity index (χ3n) is 9.96. The molecule has 6 aromatic carbocycles. The Balaban J connectivity index is 1.29. The molecule has 4 nitrogen and oxygen atoms in total. The smallest absolute Gasteiger partial charge is 0.100 e. The minimum absolute atomic E-state index is 0.232. The van der Waals surface area contributed by atoms with Gasteiger partial charge in [-0.1, -0.05) is 133 Å². The van der Waals surface area contributed by atoms with Crippen LogP contribution in [-0.2, 0) is 0 Å². The van der Waals surface area contributed by atoms with E-state index in [4.69, 9.17) is 10.7 Å². The maximum Gasteiger partial charge on any atom is 0.100 e. The van der Waals surface area contributed by atoms with Crippen molar-refractivity contribution in [1.82, 2.24) is 9.13 Å². The number of benzene rings is 6. The SMILES string of the molecule is NC1C=CC=C/C1=C(/N=Cn1c2ccccc2c2c3c(ccc21)-c1cccc2c4ccccc4n(c12)-c1ccccc1-3)c1ccccc1. The predicted molar refractivity (Wildman–Crippen MR) is 202 cm³/mol. The second-order valence-electron chi connectivity index (χ2n) is 12.5. The van der Waals surface area contributed by atoms with Gasteiger partial charge in [-0.2, -0.15) is 0 Å². The summed E-state index contributed by atoms with van der Waals surface area (Å²) in [6, 6.07) is 47.7. The van der Waals surface area contributed by atoms with Crippen LogP contribution in [0, 0.1) is 0 Å². The largest absolute Gasteiger partial charge is 0.321 e. The normalized spacial score (nSPS) is 16.2. The molecule has 0 spiro atoms. The summed E-state index contributed by atoms with van der Waals surface area (Å²) in [7, 11) is 0. The number of hydrogen-bond acceptors (Lipinski definition) is 2. The molecule has 0 saturated heterocycles. The zero-order valence-corrected chi connectivity index (χ0v) is 26.1. The average molecular weight is 615 g/mol. The number of aromatic nitrogens is 2. The summed E-state index contributed by atoms with van der Waals surface area (Å²) >= 11 is 0. The molecule has 3 heterocycles. The molecule has 1 unspecified atom stereocenters. The van der Waals surface area contributed by atoms with Crippen molar-refractivity contribution in [2.75, 3.05) is 0 Å². The van der Waals surface area contributed by atoms with E-state index in [2.05, 4.69) is 130 Å². The lowest BCUT2D eigenvalue weighted by atomic mass is 9.90. The highest BCUT2D eigenvalue weighted by Gasteiger charge is 2.27. The van der Waals surface area contributed by atoms with Crippen LogP contribution in [0.5, 0.6) is 0 Å². The maximum absolute atomic E-state index is 6.60. The van der Waals surface area contributed by atoms with Crippen LogP contribution in [0.25, 0.3) is 77.2 Å². The van der Waals surface area contributed by atoms with Crippen LogP contribution >= 0.6 is 0 Å². The van der Waals surface area contributed by atoms with Gasteiger partial charge in [-0.3, -0.25) is 4.57 Å². The topological polar surface area (TPSA) is 48.2 Å². The number of aliphatic imine (C=N–C) groups is 1. The molecular weight excluding hydrogens is 585 g/mol. The molecule has 10 rings (SSSR count). The first-order chi connectivity index (χ1) is 23.8. The Hall–Kier alpha value is -6.23. The summed E-state index contributed by atoms with van der Waals surface area (Å²) in [6.45, 7) is 0. The molecule has 4 heteroatoms. The number of allylic oxidation sites excluding steroid dienone is 2. The number of para-hydroxylation sites is 4. The fraction of sp³-hybridized carbons (Fsp3) is 0.0227. The van der Waals surface area contributed by atoms with E-state index < -0.39 is 0 Å². The predicted octanol–water partition coefficient (Wildman–Crippen LogP) is 10.3. The summed E-state index contributed by atoms with van der Waals surface area (Å²) in [5.74, 6) is 0. The van der Waals surface area contributed by atoms with Crippen LogP contribution in [0.1, 0.15) is 5.56 Å². The van der Waals surface area contributed by atoms with Gasteiger partial charge in [0, 0.05) is 43.8 Å². The van der Waals surface area contributed by atoms with Crippen molar-refractivity contribution >= 4 is 55.6 Å². The summed E-state index contributed by atoms with van der Waals surface area (Å²) < 4.78 is 4.71. The van der Waals surface area contributed by atoms with Crippen LogP contribution in [-0.4, -0.2) is 21.5 Å². The lowest BCUT2D eigenvalue weighted by molar-refractivity contribution is 0.970. The highest BCUT2D eigenvalue weighted by Crippen LogP contribution is 2.50. The van der Waals surface area contributed by atoms with E-state index in [1.807, 2.05) is 42.8 Å². The van der Waals surface area contributed by atoms with Crippen molar-refractivity contribution in [2.45, 2.75) is 6.04 Å². The van der Waals surface area contributed by atoms with E-state index in [0.29, 0.717) is 0 Å². The molecule has 0 bridgehead atoms. The highest BCUT2D eigenvalue weighted by molar-refractivity contribution is 6.24. The number of fused-ring (bicyclic) bond motifs is 12. The van der Waals surface area contributed by atoms with Crippen LogP contribution in [0.15, 0.2) is 168 Å². The molecular formula is C44H30N4. The van der Waals surface area contributed by atoms with Gasteiger partial charge < -0.3 is 10.3 Å². The molecule has 0 radical (unpaired) electrons. The Morgan fingerprint density at radius 2 is 1.33 bits per heavy atom. The number of rotatable bonds is 3. The molecule has 0 amide bonds. The van der Waals surface area contributed by atoms with E-state index in [0.717, 1.165) is 27.9 Å². The van der Waals surface area contributed by atoms with Gasteiger partial charge in [0.05, 0.1) is 39.5 Å². The molecule has 2 aromatic heterocycles. The third-order valence-corrected chi connectivity index (χ3v) is 9.96. The first-order valence-electron chi connectivity index (χ1n) is 16.4. The fourth-order valence-corrected chi connectivity index (χ4v) is 7.91. The van der Waals surface area contributed by atoms with Crippen molar-refractivity contribution in [3.05, 3.63) is 169 Å². The summed E-state index contributed by atoms with van der Waals surface area (Å²) in [5.41, 5.74) is 20.3. The quantitative estimate of drug-likeness (QED) is 0.156. The first-order valence-corrected chi connectivity index (χ1v) is 16.4. The molecule has 1 aliphatic heterocycles. The van der Waals surface area contributed by atoms with Gasteiger partial charge in [0.15, 0.2) is 0 Å². The van der Waals surface area contributed by atoms with E-state index in [-0.39, 0.29) is 6.04 Å². The first kappa shape index (κ1) is 26.9. The molecule has 226 valence electrons. The van der Waals surface area contributed by atoms with Gasteiger partial charge in [0.25, 0.3) is 0 Å². The van der Waals surface area contributed by atoms with Gasteiger partial charge in [-0.15, -0.1) is 0 Å². The Bertz CT molecular complexity index is 2730. The maximum atomic E-state index is 6.60. The van der Waals surface area contributed by atoms with Gasteiger partial charge in [-0.25, -0.2) is 4.99 Å². The van der Waals surface area contributed by atoms with Crippen LogP contribution < -0.4 is 5.73 Å². The van der Waals surface area contributed by atoms with E-state index in [1.165, 1.54) is 60.5 Å². The van der Waals surface area contributed by atoms with Crippen molar-refractivity contribution in [2.24, 2.45) is 10.7 Å². The van der Waals surface area contributed by atoms with E-state index >= 15 is 0 Å². The number of nitrogens with two attached hydrogens (primary N) is 1. The van der Waals surface area contributed by atoms with E-state index in [9.17, 15) is 0 Å². The Labute approximate surface area is 277 Å². The van der Waals surface area contributed by atoms with Gasteiger partial charge >= 0.3 is 0 Å². The van der Waals surface area contributed by atoms with Crippen molar-refractivity contribution in [3.8, 4) is 27.9 Å². The molecule has 0 fully saturated rings. The van der Waals surface area contributed by atoms with Crippen LogP contribution in [0.2, 0.25) is 0 Å². The van der Waals surface area contributed by atoms with Crippen LogP contribution in [0.4, 0.5) is 0 Å². The van der Waals surface area contributed by atoms with Crippen molar-refractivity contribution in [1.29, 1.82) is 0 Å². The second-order valence-corrected chi connectivity index (χ2v) is 12.5. The average Bonchev–Trinajstić information content (AvgIpc) is 3.61. The molecule has 48 heavy (non-hydrogen) atoms. The summed E-state index contributed by atoms with van der Waals surface area (Å²) in [6.07, 6.45) is 10.1. The van der Waals surface area contributed by atoms with Crippen molar-refractivity contribution in [3.63, 3.8) is 0 Å². The molecule has 2 N–H and O–H groups in total. The standard InChI is InChI=1S/C44H30N4/c45-36-21-8-4-16-33(36)43(28-13-2-1-3-14-28)46-27-47-37-22-9-6-17-34(37)42-40(47)26-25-30-32-20-12-19-31-29-15-5-10-23-38(29)48(44(31)32)39-24-11-7-18-35(39)41(30)42/h1-27,36H,45H2/b43-33-,46-27?. The zero-order valence-electron chi connectivity index (χ0n) is 26.1. The van der Waals surface area contributed by atoms with Crippen molar-refractivity contribution < 1.29 is 0 Å². The zero-order chi connectivity index (χ0) is 31.8. The molecule has 8 aromatic rings. The molecule has 2 aliphatic rings. The Kier molecular flexibility index (Phi) is 5.83. The summed E-state index contributed by atoms with van der Waals surface area (Å²) in [5, 5.41) is 4.96. The monoisotopic (exact) mass is 614 g/mol. The van der Waals surface area contributed by atoms with Crippen LogP contribution in [0.3, 0.4) is 0 Å². The molecule has 1 aliphatic carbocycles. The van der Waals surface area contributed by atoms with E-state index in [1.54, 1.807) is 0 Å². The minimum atomic E-state index is -0.232.